The molecule has 0 saturated heterocycles. The third-order valence-corrected chi connectivity index (χ3v) is 2.63. The average Bonchev–Trinajstić information content (AvgIpc) is 2.75. The normalized spacial score (nSPS) is 10.6. The number of aryl methyl sites for hydroxylation is 1. The predicted octanol–water partition coefficient (Wildman–Crippen LogP) is 1.15. The van der Waals surface area contributed by atoms with E-state index in [4.69, 9.17) is 0 Å². The molecule has 0 fully saturated rings. The van der Waals surface area contributed by atoms with E-state index in [0.29, 0.717) is 18.7 Å². The van der Waals surface area contributed by atoms with Gasteiger partial charge in [-0.15, -0.1) is 10.2 Å². The van der Waals surface area contributed by atoms with Gasteiger partial charge < -0.3 is 9.88 Å². The molecule has 0 aliphatic rings. The minimum Gasteiger partial charge on any atom is -0.320 e. The lowest BCUT2D eigenvalue weighted by Crippen LogP contribution is -2.15. The van der Waals surface area contributed by atoms with Gasteiger partial charge in [0.1, 0.15) is 12.2 Å². The second-order valence-corrected chi connectivity index (χ2v) is 4.00. The Hall–Kier alpha value is -2.35. The first kappa shape index (κ1) is 13.1. The maximum Gasteiger partial charge on any atom is 0.304 e. The first-order valence-electron chi connectivity index (χ1n) is 5.54. The van der Waals surface area contributed by atoms with Crippen molar-refractivity contribution in [3.63, 3.8) is 0 Å². The van der Waals surface area contributed by atoms with Crippen molar-refractivity contribution in [2.45, 2.75) is 13.1 Å². The standard InChI is InChI=1S/C11H12FN5O2/c1-16-7-14-15-11(16)6-13-5-8-2-3-10(17(18)19)9(12)4-8/h2-4,7,13H,5-6H2,1H3. The summed E-state index contributed by atoms with van der Waals surface area (Å²) in [7, 11) is 1.82. The molecule has 0 atom stereocenters. The van der Waals surface area contributed by atoms with Crippen LogP contribution >= 0.6 is 0 Å². The molecule has 100 valence electrons. The number of hydrogen-bond acceptors (Lipinski definition) is 5. The Bertz CT molecular complexity index is 599. The summed E-state index contributed by atoms with van der Waals surface area (Å²) in [6, 6.07) is 3.83. The summed E-state index contributed by atoms with van der Waals surface area (Å²) in [5.74, 6) is -0.0784. The fourth-order valence-electron chi connectivity index (χ4n) is 1.59. The molecule has 0 bridgehead atoms. The van der Waals surface area contributed by atoms with Crippen LogP contribution in [0.15, 0.2) is 24.5 Å². The minimum atomic E-state index is -0.831. The van der Waals surface area contributed by atoms with Crippen molar-refractivity contribution in [3.05, 3.63) is 51.8 Å². The second kappa shape index (κ2) is 5.53. The van der Waals surface area contributed by atoms with E-state index in [1.54, 1.807) is 10.9 Å². The Morgan fingerprint density at radius 3 is 2.84 bits per heavy atom. The van der Waals surface area contributed by atoms with Gasteiger partial charge in [0.2, 0.25) is 5.82 Å². The monoisotopic (exact) mass is 265 g/mol. The topological polar surface area (TPSA) is 85.9 Å². The molecule has 2 rings (SSSR count). The number of nitro groups is 1. The van der Waals surface area contributed by atoms with Crippen LogP contribution in [0.3, 0.4) is 0 Å². The van der Waals surface area contributed by atoms with E-state index in [1.807, 2.05) is 7.05 Å². The Kier molecular flexibility index (Phi) is 3.81. The first-order chi connectivity index (χ1) is 9.08. The first-order valence-corrected chi connectivity index (χ1v) is 5.54. The van der Waals surface area contributed by atoms with E-state index in [0.717, 1.165) is 18.0 Å². The molecule has 0 saturated carbocycles. The summed E-state index contributed by atoms with van der Waals surface area (Å²) in [4.78, 5) is 9.73. The highest BCUT2D eigenvalue weighted by molar-refractivity contribution is 5.34. The number of nitrogens with zero attached hydrogens (tertiary/aromatic N) is 4. The molecule has 0 radical (unpaired) electrons. The van der Waals surface area contributed by atoms with E-state index >= 15 is 0 Å². The van der Waals surface area contributed by atoms with Crippen molar-refractivity contribution in [1.29, 1.82) is 0 Å². The Morgan fingerprint density at radius 2 is 2.26 bits per heavy atom. The smallest absolute Gasteiger partial charge is 0.304 e. The van der Waals surface area contributed by atoms with Crippen LogP contribution in [0.5, 0.6) is 0 Å². The molecule has 0 aliphatic heterocycles. The third-order valence-electron chi connectivity index (χ3n) is 2.63. The molecular formula is C11H12FN5O2. The van der Waals surface area contributed by atoms with Crippen LogP contribution in [0, 0.1) is 15.9 Å². The van der Waals surface area contributed by atoms with Gasteiger partial charge in [0.05, 0.1) is 11.5 Å². The molecule has 0 unspecified atom stereocenters. The van der Waals surface area contributed by atoms with Crippen molar-refractivity contribution in [1.82, 2.24) is 20.1 Å². The van der Waals surface area contributed by atoms with Gasteiger partial charge in [-0.3, -0.25) is 10.1 Å². The number of nitro benzene ring substituents is 1. The van der Waals surface area contributed by atoms with Crippen molar-refractivity contribution in [3.8, 4) is 0 Å². The van der Waals surface area contributed by atoms with Gasteiger partial charge in [0.25, 0.3) is 0 Å². The SMILES string of the molecule is Cn1cnnc1CNCc1ccc([N+](=O)[O-])c(F)c1. The summed E-state index contributed by atoms with van der Waals surface area (Å²) >= 11 is 0. The van der Waals surface area contributed by atoms with Crippen molar-refractivity contribution in [2.24, 2.45) is 7.05 Å². The summed E-state index contributed by atoms with van der Waals surface area (Å²) in [5.41, 5.74) is 0.113. The fraction of sp³-hybridized carbons (Fsp3) is 0.273. The molecule has 1 heterocycles. The summed E-state index contributed by atoms with van der Waals surface area (Å²) in [5, 5.41) is 21.2. The van der Waals surface area contributed by atoms with Crippen LogP contribution in [0.1, 0.15) is 11.4 Å². The number of aromatic nitrogens is 3. The largest absolute Gasteiger partial charge is 0.320 e. The Labute approximate surface area is 108 Å². The van der Waals surface area contributed by atoms with Crippen LogP contribution < -0.4 is 5.32 Å². The molecule has 0 spiro atoms. The summed E-state index contributed by atoms with van der Waals surface area (Å²) in [6.07, 6.45) is 1.59. The Morgan fingerprint density at radius 1 is 1.47 bits per heavy atom. The molecule has 1 N–H and O–H groups in total. The number of halogens is 1. The number of benzene rings is 1. The lowest BCUT2D eigenvalue weighted by Gasteiger charge is -2.04. The lowest BCUT2D eigenvalue weighted by atomic mass is 10.2. The maximum absolute atomic E-state index is 13.4. The minimum absolute atomic E-state index is 0.391. The zero-order valence-electron chi connectivity index (χ0n) is 10.2. The van der Waals surface area contributed by atoms with E-state index in [-0.39, 0.29) is 0 Å². The van der Waals surface area contributed by atoms with E-state index in [9.17, 15) is 14.5 Å². The van der Waals surface area contributed by atoms with Gasteiger partial charge >= 0.3 is 5.69 Å². The number of nitrogens with one attached hydrogen (secondary N) is 1. The number of rotatable bonds is 5. The van der Waals surface area contributed by atoms with Gasteiger partial charge in [0.15, 0.2) is 0 Å². The van der Waals surface area contributed by atoms with Gasteiger partial charge in [-0.05, 0) is 11.6 Å². The highest BCUT2D eigenvalue weighted by atomic mass is 19.1. The average molecular weight is 265 g/mol. The number of hydrogen-bond donors (Lipinski definition) is 1. The summed E-state index contributed by atoms with van der Waals surface area (Å²) in [6.45, 7) is 0.872. The summed E-state index contributed by atoms with van der Waals surface area (Å²) < 4.78 is 15.1. The van der Waals surface area contributed by atoms with E-state index in [2.05, 4.69) is 15.5 Å². The van der Waals surface area contributed by atoms with Gasteiger partial charge in [-0.1, -0.05) is 6.07 Å². The molecule has 7 nitrogen and oxygen atoms in total. The van der Waals surface area contributed by atoms with Crippen molar-refractivity contribution < 1.29 is 9.31 Å². The quantitative estimate of drug-likeness (QED) is 0.647. The van der Waals surface area contributed by atoms with Gasteiger partial charge in [-0.2, -0.15) is 4.39 Å². The molecule has 8 heteroatoms. The fourth-order valence-corrected chi connectivity index (χ4v) is 1.59. The van der Waals surface area contributed by atoms with Crippen LogP contribution in [-0.4, -0.2) is 19.7 Å². The molecule has 1 aromatic carbocycles. The highest BCUT2D eigenvalue weighted by Gasteiger charge is 2.13. The van der Waals surface area contributed by atoms with Gasteiger partial charge in [0, 0.05) is 19.7 Å². The van der Waals surface area contributed by atoms with Gasteiger partial charge in [-0.25, -0.2) is 0 Å². The molecule has 0 aliphatic carbocycles. The van der Waals surface area contributed by atoms with Crippen molar-refractivity contribution >= 4 is 5.69 Å². The third kappa shape index (κ3) is 3.10. The molecule has 0 amide bonds. The van der Waals surface area contributed by atoms with E-state index in [1.165, 1.54) is 6.07 Å². The van der Waals surface area contributed by atoms with Crippen LogP contribution in [0.4, 0.5) is 10.1 Å². The molecule has 1 aromatic heterocycles. The lowest BCUT2D eigenvalue weighted by molar-refractivity contribution is -0.387. The zero-order chi connectivity index (χ0) is 13.8. The highest BCUT2D eigenvalue weighted by Crippen LogP contribution is 2.17. The van der Waals surface area contributed by atoms with E-state index < -0.39 is 16.4 Å². The Balaban J connectivity index is 1.95. The molecular weight excluding hydrogens is 253 g/mol. The van der Waals surface area contributed by atoms with Crippen molar-refractivity contribution in [2.75, 3.05) is 0 Å². The molecule has 19 heavy (non-hydrogen) atoms. The zero-order valence-corrected chi connectivity index (χ0v) is 10.2. The predicted molar refractivity (Wildman–Crippen MR) is 64.6 cm³/mol. The van der Waals surface area contributed by atoms with Crippen LogP contribution in [0.25, 0.3) is 0 Å². The second-order valence-electron chi connectivity index (χ2n) is 4.00. The van der Waals surface area contributed by atoms with Crippen LogP contribution in [0.2, 0.25) is 0 Å². The van der Waals surface area contributed by atoms with Crippen LogP contribution in [-0.2, 0) is 20.1 Å². The maximum atomic E-state index is 13.4. The molecule has 2 aromatic rings.